The van der Waals surface area contributed by atoms with Crippen molar-refractivity contribution in [2.45, 2.75) is 37.9 Å². The van der Waals surface area contributed by atoms with E-state index in [4.69, 9.17) is 11.6 Å². The Balaban J connectivity index is 1.46. The van der Waals surface area contributed by atoms with Gasteiger partial charge in [-0.3, -0.25) is 19.2 Å². The summed E-state index contributed by atoms with van der Waals surface area (Å²) < 4.78 is 0. The maximum atomic E-state index is 13.1. The molecular formula is C24H28ClN7O4S. The number of nitrogens with zero attached hydrogens (tertiary/aromatic N) is 4. The van der Waals surface area contributed by atoms with Gasteiger partial charge >= 0.3 is 11.8 Å². The van der Waals surface area contributed by atoms with Crippen molar-refractivity contribution in [2.75, 3.05) is 26.5 Å². The van der Waals surface area contributed by atoms with Crippen molar-refractivity contribution in [3.05, 3.63) is 45.1 Å². The predicted octanol–water partition coefficient (Wildman–Crippen LogP) is 1.72. The molecule has 0 bridgehead atoms. The van der Waals surface area contributed by atoms with Gasteiger partial charge in [-0.05, 0) is 37.5 Å². The Morgan fingerprint density at radius 3 is 2.59 bits per heavy atom. The molecule has 1 fully saturated rings. The summed E-state index contributed by atoms with van der Waals surface area (Å²) in [6.07, 6.45) is 6.36. The van der Waals surface area contributed by atoms with Crippen LogP contribution in [0.25, 0.3) is 6.08 Å². The number of halogens is 1. The van der Waals surface area contributed by atoms with Crippen molar-refractivity contribution in [1.29, 1.82) is 0 Å². The van der Waals surface area contributed by atoms with Gasteiger partial charge < -0.3 is 25.8 Å². The highest BCUT2D eigenvalue weighted by atomic mass is 35.5. The van der Waals surface area contributed by atoms with E-state index in [1.165, 1.54) is 28.5 Å². The van der Waals surface area contributed by atoms with E-state index in [2.05, 4.69) is 25.9 Å². The second kappa shape index (κ2) is 11.3. The van der Waals surface area contributed by atoms with Gasteiger partial charge in [0.05, 0.1) is 28.2 Å². The van der Waals surface area contributed by atoms with Crippen LogP contribution >= 0.6 is 22.9 Å². The highest BCUT2D eigenvalue weighted by Crippen LogP contribution is 2.28. The molecule has 3 N–H and O–H groups in total. The van der Waals surface area contributed by atoms with Crippen molar-refractivity contribution < 1.29 is 19.2 Å². The number of aromatic nitrogens is 2. The first-order valence-corrected chi connectivity index (χ1v) is 12.9. The van der Waals surface area contributed by atoms with Crippen LogP contribution in [-0.4, -0.2) is 76.6 Å². The Morgan fingerprint density at radius 2 is 1.89 bits per heavy atom. The van der Waals surface area contributed by atoms with E-state index in [-0.39, 0.29) is 23.6 Å². The number of carbonyl (C=O) groups excluding carboxylic acids is 4. The molecule has 37 heavy (non-hydrogen) atoms. The lowest BCUT2D eigenvalue weighted by Gasteiger charge is -2.37. The van der Waals surface area contributed by atoms with Crippen molar-refractivity contribution in [3.63, 3.8) is 0 Å². The molecule has 0 saturated heterocycles. The Bertz CT molecular complexity index is 1230. The van der Waals surface area contributed by atoms with Crippen LogP contribution in [-0.2, 0) is 20.9 Å². The zero-order valence-electron chi connectivity index (χ0n) is 20.7. The van der Waals surface area contributed by atoms with Crippen LogP contribution in [0, 0.1) is 5.92 Å². The molecule has 2 aromatic heterocycles. The van der Waals surface area contributed by atoms with Gasteiger partial charge in [0.15, 0.2) is 5.01 Å². The Kier molecular flexibility index (Phi) is 8.08. The van der Waals surface area contributed by atoms with Crippen LogP contribution in [0.1, 0.15) is 39.6 Å². The molecule has 0 spiro atoms. The molecule has 4 rings (SSSR count). The summed E-state index contributed by atoms with van der Waals surface area (Å²) in [5, 5.41) is 8.81. The molecule has 13 heteroatoms. The minimum absolute atomic E-state index is 0.0477. The highest BCUT2D eigenvalue weighted by molar-refractivity contribution is 7.13. The lowest BCUT2D eigenvalue weighted by Crippen LogP contribution is -2.57. The molecule has 0 unspecified atom stereocenters. The van der Waals surface area contributed by atoms with Gasteiger partial charge in [0.2, 0.25) is 5.91 Å². The van der Waals surface area contributed by atoms with Gasteiger partial charge in [0.1, 0.15) is 5.82 Å². The number of nitrogens with one attached hydrogen (secondary N) is 3. The van der Waals surface area contributed by atoms with Gasteiger partial charge in [-0.15, -0.1) is 11.3 Å². The van der Waals surface area contributed by atoms with E-state index in [0.717, 1.165) is 10.6 Å². The predicted molar refractivity (Wildman–Crippen MR) is 140 cm³/mol. The lowest BCUT2D eigenvalue weighted by molar-refractivity contribution is -0.137. The van der Waals surface area contributed by atoms with Gasteiger partial charge in [0, 0.05) is 45.5 Å². The van der Waals surface area contributed by atoms with Crippen LogP contribution in [0.4, 0.5) is 5.82 Å². The Hall–Kier alpha value is -3.51. The number of hydrogen-bond donors (Lipinski definition) is 3. The summed E-state index contributed by atoms with van der Waals surface area (Å²) in [6.45, 7) is 0.663. The second-order valence-corrected chi connectivity index (χ2v) is 10.8. The fourth-order valence-electron chi connectivity index (χ4n) is 4.36. The van der Waals surface area contributed by atoms with Crippen LogP contribution in [0.2, 0.25) is 5.02 Å². The average molecular weight is 546 g/mol. The SMILES string of the molecule is CN1C=Cc2nc(C(=O)N[C@@H]3C[C@@H](C(=O)N(C)C)CC[C@@H]3NC(=O)C(=O)Nc3ccc(Cl)cn3)sc2C1. The van der Waals surface area contributed by atoms with Crippen LogP contribution in [0.5, 0.6) is 0 Å². The van der Waals surface area contributed by atoms with Crippen LogP contribution in [0.3, 0.4) is 0 Å². The molecule has 3 heterocycles. The van der Waals surface area contributed by atoms with Crippen molar-refractivity contribution >= 4 is 58.5 Å². The fourth-order valence-corrected chi connectivity index (χ4v) is 5.49. The molecular weight excluding hydrogens is 518 g/mol. The summed E-state index contributed by atoms with van der Waals surface area (Å²) in [5.74, 6) is -2.32. The summed E-state index contributed by atoms with van der Waals surface area (Å²) in [7, 11) is 5.31. The van der Waals surface area contributed by atoms with E-state index < -0.39 is 23.9 Å². The third kappa shape index (κ3) is 6.44. The number of rotatable bonds is 5. The summed E-state index contributed by atoms with van der Waals surface area (Å²) >= 11 is 7.12. The number of thiazole rings is 1. The first-order chi connectivity index (χ1) is 17.6. The molecule has 11 nitrogen and oxygen atoms in total. The standard InChI is InChI=1S/C24H28ClN7O4S/c1-31(2)24(36)13-4-6-15(27-20(33)21(34)30-19-7-5-14(25)11-26-19)17(10-13)28-22(35)23-29-16-8-9-32(3)12-18(16)37-23/h5,7-9,11,13,15,17H,4,6,10,12H2,1-3H3,(H,27,33)(H,28,35)(H,26,30,34)/t13-,15-,17+/m0/s1. The topological polar surface area (TPSA) is 137 Å². The zero-order valence-corrected chi connectivity index (χ0v) is 22.2. The van der Waals surface area contributed by atoms with E-state index in [0.29, 0.717) is 35.8 Å². The number of amides is 4. The molecule has 1 saturated carbocycles. The van der Waals surface area contributed by atoms with Crippen molar-refractivity contribution in [2.24, 2.45) is 5.92 Å². The molecule has 0 aromatic carbocycles. The molecule has 0 radical (unpaired) electrons. The van der Waals surface area contributed by atoms with E-state index in [1.807, 2.05) is 24.2 Å². The maximum absolute atomic E-state index is 13.1. The first kappa shape index (κ1) is 26.6. The number of hydrogen-bond acceptors (Lipinski definition) is 8. The van der Waals surface area contributed by atoms with Crippen LogP contribution < -0.4 is 16.0 Å². The van der Waals surface area contributed by atoms with E-state index in [1.54, 1.807) is 20.2 Å². The smallest absolute Gasteiger partial charge is 0.314 e. The summed E-state index contributed by atoms with van der Waals surface area (Å²) in [4.78, 5) is 63.8. The molecule has 2 aliphatic rings. The maximum Gasteiger partial charge on any atom is 0.314 e. The third-order valence-corrected chi connectivity index (χ3v) is 7.53. The summed E-state index contributed by atoms with van der Waals surface area (Å²) in [5.41, 5.74) is 0.759. The molecule has 1 aliphatic carbocycles. The molecule has 4 amide bonds. The van der Waals surface area contributed by atoms with Crippen LogP contribution in [0.15, 0.2) is 24.5 Å². The Morgan fingerprint density at radius 1 is 1.11 bits per heavy atom. The van der Waals surface area contributed by atoms with E-state index >= 15 is 0 Å². The van der Waals surface area contributed by atoms with E-state index in [9.17, 15) is 19.2 Å². The normalized spacial score (nSPS) is 20.5. The quantitative estimate of drug-likeness (QED) is 0.486. The number of carbonyl (C=O) groups is 4. The zero-order chi connectivity index (χ0) is 26.7. The number of anilines is 1. The average Bonchev–Trinajstić information content (AvgIpc) is 3.29. The second-order valence-electron chi connectivity index (χ2n) is 9.28. The minimum Gasteiger partial charge on any atom is -0.375 e. The minimum atomic E-state index is -0.894. The molecule has 1 aliphatic heterocycles. The third-order valence-electron chi connectivity index (χ3n) is 6.25. The molecule has 2 aromatic rings. The van der Waals surface area contributed by atoms with Gasteiger partial charge in [-0.1, -0.05) is 11.6 Å². The van der Waals surface area contributed by atoms with Gasteiger partial charge in [0.25, 0.3) is 5.91 Å². The van der Waals surface area contributed by atoms with Crippen molar-refractivity contribution in [3.8, 4) is 0 Å². The van der Waals surface area contributed by atoms with Crippen molar-refractivity contribution in [1.82, 2.24) is 30.4 Å². The Labute approximate surface area is 223 Å². The highest BCUT2D eigenvalue weighted by Gasteiger charge is 2.37. The molecule has 3 atom stereocenters. The largest absolute Gasteiger partial charge is 0.375 e. The fraction of sp³-hybridized carbons (Fsp3) is 0.417. The monoisotopic (exact) mass is 545 g/mol. The number of pyridine rings is 1. The molecule has 196 valence electrons. The van der Waals surface area contributed by atoms with Gasteiger partial charge in [-0.2, -0.15) is 0 Å². The number of fused-ring (bicyclic) bond motifs is 1. The summed E-state index contributed by atoms with van der Waals surface area (Å²) in [6, 6.07) is 1.91. The first-order valence-electron chi connectivity index (χ1n) is 11.7. The van der Waals surface area contributed by atoms with Gasteiger partial charge in [-0.25, -0.2) is 9.97 Å². The lowest BCUT2D eigenvalue weighted by atomic mass is 9.81.